The normalized spacial score (nSPS) is 54.9. The third-order valence-electron chi connectivity index (χ3n) is 17.6. The van der Waals surface area contributed by atoms with Crippen LogP contribution in [0.15, 0.2) is 0 Å². The fraction of sp³-hybridized carbons (Fsp3) is 0.977. The van der Waals surface area contributed by atoms with Crippen LogP contribution in [-0.2, 0) is 33.2 Å². The standard InChI is InChI=1S/C44H74O15/c1-20-30(48)32(50)34(52)37(55-20)58-35-33(51)31(49)25(19-54-21(2)45)57-38(35)56-24-18-43(9)26(41(7)14-12-27(47)39(3,4)36(24)41)17-23(46)29-22(11-15-42(29,43)8)44(10)16-13-28(59-44)40(5,6)53/h20,22-38,46-53H,11-19H2,1-10H3/t20-,22-,23-,24+,25+,26-,27-,28-,29-,30+,31-,32-,33+,34+,35+,36+,37+,38+,41+,42-,43-,44+/m1/s1. The second-order valence-electron chi connectivity index (χ2n) is 21.8. The van der Waals surface area contributed by atoms with Gasteiger partial charge in [0.15, 0.2) is 12.6 Å². The maximum atomic E-state index is 12.4. The molecule has 15 nitrogen and oxygen atoms in total. The van der Waals surface area contributed by atoms with Crippen LogP contribution in [0.3, 0.4) is 0 Å². The first-order valence-corrected chi connectivity index (χ1v) is 22.1. The Hall–Kier alpha value is -1.05. The van der Waals surface area contributed by atoms with Gasteiger partial charge >= 0.3 is 5.97 Å². The third kappa shape index (κ3) is 7.35. The highest BCUT2D eigenvalue weighted by atomic mass is 16.8. The van der Waals surface area contributed by atoms with Gasteiger partial charge in [-0.25, -0.2) is 0 Å². The van der Waals surface area contributed by atoms with Crippen molar-refractivity contribution in [2.75, 3.05) is 6.61 Å². The Morgan fingerprint density at radius 1 is 0.780 bits per heavy atom. The summed E-state index contributed by atoms with van der Waals surface area (Å²) in [4.78, 5) is 11.9. The summed E-state index contributed by atoms with van der Waals surface area (Å²) in [5.41, 5.74) is -3.49. The lowest BCUT2D eigenvalue weighted by atomic mass is 9.34. The van der Waals surface area contributed by atoms with Gasteiger partial charge in [0.2, 0.25) is 0 Å². The topological polar surface area (TPSA) is 234 Å². The van der Waals surface area contributed by atoms with Crippen molar-refractivity contribution >= 4 is 5.97 Å². The number of hydrogen-bond donors (Lipinski definition) is 8. The van der Waals surface area contributed by atoms with Crippen molar-refractivity contribution in [2.24, 2.45) is 45.3 Å². The number of carbonyl (C=O) groups is 1. The van der Waals surface area contributed by atoms with Gasteiger partial charge in [0.1, 0.15) is 49.3 Å². The van der Waals surface area contributed by atoms with E-state index in [-0.39, 0.29) is 35.2 Å². The van der Waals surface area contributed by atoms with Crippen LogP contribution >= 0.6 is 0 Å². The summed E-state index contributed by atoms with van der Waals surface area (Å²) in [6.45, 7) is 19.0. The van der Waals surface area contributed by atoms with Crippen LogP contribution in [0, 0.1) is 45.3 Å². The van der Waals surface area contributed by atoms with Gasteiger partial charge in [-0.15, -0.1) is 0 Å². The van der Waals surface area contributed by atoms with Gasteiger partial charge < -0.3 is 69.3 Å². The van der Waals surface area contributed by atoms with Gasteiger partial charge in [0.25, 0.3) is 0 Å². The van der Waals surface area contributed by atoms with Crippen LogP contribution in [0.25, 0.3) is 0 Å². The molecule has 340 valence electrons. The van der Waals surface area contributed by atoms with Gasteiger partial charge in [0.05, 0.1) is 41.7 Å². The zero-order valence-corrected chi connectivity index (χ0v) is 36.7. The minimum atomic E-state index is -1.72. The summed E-state index contributed by atoms with van der Waals surface area (Å²) >= 11 is 0. The first-order chi connectivity index (χ1) is 27.2. The Kier molecular flexibility index (Phi) is 12.1. The number of carbonyl (C=O) groups excluding carboxylic acids is 1. The summed E-state index contributed by atoms with van der Waals surface area (Å²) < 4.78 is 37.5. The van der Waals surface area contributed by atoms with Crippen LogP contribution < -0.4 is 0 Å². The van der Waals surface area contributed by atoms with E-state index in [1.807, 2.05) is 13.8 Å². The highest BCUT2D eigenvalue weighted by molar-refractivity contribution is 5.65. The Morgan fingerprint density at radius 2 is 1.46 bits per heavy atom. The molecule has 3 aliphatic heterocycles. The Bertz CT molecular complexity index is 1540. The SMILES string of the molecule is CC(=O)OC[C@@H]1O[C@H](O[C@H]2C[C@]3(C)[C@H](C[C@@H](O)[C@H]4[C@H]([C@]5(C)CC[C@H](C(C)(C)O)O5)CC[C@]43C)[C@]3(C)CC[C@@H](O)C(C)(C)[C@H]23)[C@@H](O[C@@H]2O[C@H](C)[C@H](O)[C@@H](O)[C@@H]2O)[C@@H](O)[C@@H]1O. The van der Waals surface area contributed by atoms with Crippen molar-refractivity contribution in [3.05, 3.63) is 0 Å². The van der Waals surface area contributed by atoms with Crippen LogP contribution in [0.1, 0.15) is 121 Å². The van der Waals surface area contributed by atoms with E-state index < -0.39 is 120 Å². The zero-order chi connectivity index (χ0) is 43.6. The average molecular weight is 843 g/mol. The molecule has 0 aromatic carbocycles. The largest absolute Gasteiger partial charge is 0.463 e. The van der Waals surface area contributed by atoms with E-state index in [1.165, 1.54) is 13.8 Å². The Labute approximate surface area is 349 Å². The quantitative estimate of drug-likeness (QED) is 0.129. The van der Waals surface area contributed by atoms with E-state index in [1.54, 1.807) is 13.8 Å². The number of hydrogen-bond acceptors (Lipinski definition) is 15. The number of esters is 1. The molecule has 0 aromatic heterocycles. The fourth-order valence-corrected chi connectivity index (χ4v) is 14.3. The molecule has 0 aromatic rings. The molecule has 4 saturated carbocycles. The van der Waals surface area contributed by atoms with Crippen LogP contribution in [0.5, 0.6) is 0 Å². The molecular weight excluding hydrogens is 768 g/mol. The van der Waals surface area contributed by atoms with Crippen LogP contribution in [0.2, 0.25) is 0 Å². The third-order valence-corrected chi connectivity index (χ3v) is 17.6. The summed E-state index contributed by atoms with van der Waals surface area (Å²) in [7, 11) is 0. The van der Waals surface area contributed by atoms with Crippen molar-refractivity contribution in [1.29, 1.82) is 0 Å². The molecule has 7 fully saturated rings. The molecule has 7 aliphatic rings. The summed E-state index contributed by atoms with van der Waals surface area (Å²) in [6, 6.07) is 0. The molecule has 3 heterocycles. The minimum absolute atomic E-state index is 0.0340. The summed E-state index contributed by atoms with van der Waals surface area (Å²) in [6.07, 6.45) is -11.5. The van der Waals surface area contributed by atoms with Gasteiger partial charge in [-0.05, 0) is 124 Å². The molecule has 0 radical (unpaired) electrons. The van der Waals surface area contributed by atoms with E-state index in [0.717, 1.165) is 25.7 Å². The molecule has 4 aliphatic carbocycles. The van der Waals surface area contributed by atoms with Crippen molar-refractivity contribution in [3.63, 3.8) is 0 Å². The van der Waals surface area contributed by atoms with Gasteiger partial charge in [-0.2, -0.15) is 0 Å². The van der Waals surface area contributed by atoms with E-state index in [2.05, 4.69) is 27.7 Å². The van der Waals surface area contributed by atoms with E-state index in [4.69, 9.17) is 28.4 Å². The van der Waals surface area contributed by atoms with Gasteiger partial charge in [-0.3, -0.25) is 4.79 Å². The van der Waals surface area contributed by atoms with E-state index in [0.29, 0.717) is 25.7 Å². The van der Waals surface area contributed by atoms with Gasteiger partial charge in [0, 0.05) is 6.92 Å². The molecule has 0 bridgehead atoms. The number of aliphatic hydroxyl groups is 8. The monoisotopic (exact) mass is 843 g/mol. The zero-order valence-electron chi connectivity index (χ0n) is 36.7. The number of rotatable bonds is 8. The molecule has 22 atom stereocenters. The summed E-state index contributed by atoms with van der Waals surface area (Å²) in [5.74, 6) is -0.947. The average Bonchev–Trinajstić information content (AvgIpc) is 3.74. The second kappa shape index (κ2) is 15.6. The molecule has 0 unspecified atom stereocenters. The first-order valence-electron chi connectivity index (χ1n) is 22.1. The molecular formula is C44H74O15. The first kappa shape index (κ1) is 46.0. The predicted octanol–water partition coefficient (Wildman–Crippen LogP) is 1.93. The molecule has 15 heteroatoms. The van der Waals surface area contributed by atoms with Crippen molar-refractivity contribution in [2.45, 2.75) is 218 Å². The second-order valence-corrected chi connectivity index (χ2v) is 21.8. The van der Waals surface area contributed by atoms with Crippen LogP contribution in [0.4, 0.5) is 0 Å². The lowest BCUT2D eigenvalue weighted by molar-refractivity contribution is -0.382. The smallest absolute Gasteiger partial charge is 0.302 e. The maximum Gasteiger partial charge on any atom is 0.302 e. The van der Waals surface area contributed by atoms with E-state index >= 15 is 0 Å². The lowest BCUT2D eigenvalue weighted by Crippen LogP contribution is -2.71. The summed E-state index contributed by atoms with van der Waals surface area (Å²) in [5, 5.41) is 90.1. The van der Waals surface area contributed by atoms with Crippen molar-refractivity contribution in [3.8, 4) is 0 Å². The molecule has 8 N–H and O–H groups in total. The highest BCUT2D eigenvalue weighted by Gasteiger charge is 2.74. The molecule has 7 rings (SSSR count). The predicted molar refractivity (Wildman–Crippen MR) is 210 cm³/mol. The van der Waals surface area contributed by atoms with Gasteiger partial charge in [-0.1, -0.05) is 34.6 Å². The van der Waals surface area contributed by atoms with Crippen LogP contribution in [-0.4, -0.2) is 150 Å². The van der Waals surface area contributed by atoms with Crippen molar-refractivity contribution < 1.29 is 74.1 Å². The molecule has 0 amide bonds. The lowest BCUT2D eigenvalue weighted by Gasteiger charge is -2.72. The molecule has 3 saturated heterocycles. The van der Waals surface area contributed by atoms with Crippen molar-refractivity contribution in [1.82, 2.24) is 0 Å². The Morgan fingerprint density at radius 3 is 2.08 bits per heavy atom. The minimum Gasteiger partial charge on any atom is -0.463 e. The Balaban J connectivity index is 1.27. The molecule has 59 heavy (non-hydrogen) atoms. The molecule has 0 spiro atoms. The van der Waals surface area contributed by atoms with E-state index in [9.17, 15) is 45.6 Å². The highest BCUT2D eigenvalue weighted by Crippen LogP contribution is 2.76. The fourth-order valence-electron chi connectivity index (χ4n) is 14.3. The maximum absolute atomic E-state index is 12.4. The number of fused-ring (bicyclic) bond motifs is 5. The number of aliphatic hydroxyl groups excluding tert-OH is 7. The number of ether oxygens (including phenoxy) is 6.